The Kier molecular flexibility index (Phi) is 5.98. The van der Waals surface area contributed by atoms with E-state index in [-0.39, 0.29) is 17.7 Å². The lowest BCUT2D eigenvalue weighted by atomic mass is 9.96. The smallest absolute Gasteiger partial charge is 0.254 e. The van der Waals surface area contributed by atoms with Gasteiger partial charge in [-0.3, -0.25) is 9.59 Å². The van der Waals surface area contributed by atoms with Crippen LogP contribution in [0.2, 0.25) is 0 Å². The largest absolute Gasteiger partial charge is 0.619 e. The molecule has 0 spiro atoms. The molecule has 0 aliphatic carbocycles. The van der Waals surface area contributed by atoms with Crippen LogP contribution in [0.25, 0.3) is 11.1 Å². The summed E-state index contributed by atoms with van der Waals surface area (Å²) in [6.45, 7) is 3.03. The first-order chi connectivity index (χ1) is 15.0. The SMILES string of the molecule is Cc1cccc(-c2cccc(NC(=O)C3CCCN(C(=O)c4cc[n+]([O-])cc4)C3)c2)c1. The van der Waals surface area contributed by atoms with Gasteiger partial charge in [0.25, 0.3) is 5.91 Å². The molecule has 2 heterocycles. The third-order valence-corrected chi connectivity index (χ3v) is 5.61. The van der Waals surface area contributed by atoms with Gasteiger partial charge in [0.2, 0.25) is 5.91 Å². The van der Waals surface area contributed by atoms with Crippen LogP contribution in [0.5, 0.6) is 0 Å². The lowest BCUT2D eigenvalue weighted by Gasteiger charge is -2.32. The number of carbonyl (C=O) groups is 2. The van der Waals surface area contributed by atoms with Gasteiger partial charge in [-0.15, -0.1) is 0 Å². The summed E-state index contributed by atoms with van der Waals surface area (Å²) in [5.41, 5.74) is 4.53. The molecular weight excluding hydrogens is 390 g/mol. The highest BCUT2D eigenvalue weighted by molar-refractivity contribution is 5.96. The normalized spacial score (nSPS) is 16.0. The molecule has 1 aromatic heterocycles. The van der Waals surface area contributed by atoms with Crippen molar-refractivity contribution >= 4 is 17.5 Å². The molecular formula is C25H25N3O3. The Morgan fingerprint density at radius 1 is 1.03 bits per heavy atom. The van der Waals surface area contributed by atoms with E-state index in [1.54, 1.807) is 4.90 Å². The minimum absolute atomic E-state index is 0.0793. The summed E-state index contributed by atoms with van der Waals surface area (Å²) in [7, 11) is 0. The van der Waals surface area contributed by atoms with Gasteiger partial charge in [-0.1, -0.05) is 42.0 Å². The van der Waals surface area contributed by atoms with Crippen LogP contribution < -0.4 is 10.0 Å². The molecule has 2 aromatic carbocycles. The number of amides is 2. The quantitative estimate of drug-likeness (QED) is 0.520. The molecule has 2 amide bonds. The highest BCUT2D eigenvalue weighted by Gasteiger charge is 2.29. The number of aryl methyl sites for hydroxylation is 1. The molecule has 1 saturated heterocycles. The number of benzene rings is 2. The number of carbonyl (C=O) groups excluding carboxylic acids is 2. The van der Waals surface area contributed by atoms with Gasteiger partial charge in [0, 0.05) is 30.9 Å². The van der Waals surface area contributed by atoms with Crippen LogP contribution in [0.15, 0.2) is 73.1 Å². The number of nitrogens with one attached hydrogen (secondary N) is 1. The van der Waals surface area contributed by atoms with E-state index in [0.29, 0.717) is 23.4 Å². The van der Waals surface area contributed by atoms with Crippen LogP contribution in [0, 0.1) is 18.0 Å². The zero-order valence-corrected chi connectivity index (χ0v) is 17.5. The third-order valence-electron chi connectivity index (χ3n) is 5.61. The van der Waals surface area contributed by atoms with Crippen molar-refractivity contribution in [3.63, 3.8) is 0 Å². The molecule has 4 rings (SSSR count). The van der Waals surface area contributed by atoms with Crippen LogP contribution in [0.3, 0.4) is 0 Å². The van der Waals surface area contributed by atoms with E-state index in [1.807, 2.05) is 30.3 Å². The summed E-state index contributed by atoms with van der Waals surface area (Å²) >= 11 is 0. The Balaban J connectivity index is 1.43. The highest BCUT2D eigenvalue weighted by Crippen LogP contribution is 2.25. The summed E-state index contributed by atoms with van der Waals surface area (Å²) in [4.78, 5) is 27.4. The molecule has 6 heteroatoms. The molecule has 0 saturated carbocycles. The van der Waals surface area contributed by atoms with Gasteiger partial charge in [-0.25, -0.2) is 0 Å². The number of nitrogens with zero attached hydrogens (tertiary/aromatic N) is 2. The predicted octanol–water partition coefficient (Wildman–Crippen LogP) is 3.79. The fourth-order valence-electron chi connectivity index (χ4n) is 3.96. The minimum Gasteiger partial charge on any atom is -0.619 e. The molecule has 3 aromatic rings. The topological polar surface area (TPSA) is 76.4 Å². The van der Waals surface area contributed by atoms with Crippen molar-refractivity contribution in [2.75, 3.05) is 18.4 Å². The molecule has 1 aliphatic rings. The fraction of sp³-hybridized carbons (Fsp3) is 0.240. The summed E-state index contributed by atoms with van der Waals surface area (Å²) < 4.78 is 0.647. The first-order valence-corrected chi connectivity index (χ1v) is 10.5. The Hall–Kier alpha value is -3.67. The van der Waals surface area contributed by atoms with E-state index in [1.165, 1.54) is 30.1 Å². The average molecular weight is 415 g/mol. The number of aromatic nitrogens is 1. The number of hydrogen-bond donors (Lipinski definition) is 1. The van der Waals surface area contributed by atoms with Gasteiger partial charge in [0.1, 0.15) is 0 Å². The first-order valence-electron chi connectivity index (χ1n) is 10.5. The molecule has 0 bridgehead atoms. The maximum absolute atomic E-state index is 12.9. The van der Waals surface area contributed by atoms with Gasteiger partial charge in [0.15, 0.2) is 12.4 Å². The van der Waals surface area contributed by atoms with Gasteiger partial charge >= 0.3 is 0 Å². The molecule has 31 heavy (non-hydrogen) atoms. The maximum Gasteiger partial charge on any atom is 0.254 e. The first kappa shape index (κ1) is 20.6. The summed E-state index contributed by atoms with van der Waals surface area (Å²) in [5.74, 6) is -0.502. The number of hydrogen-bond acceptors (Lipinski definition) is 3. The lowest BCUT2D eigenvalue weighted by Crippen LogP contribution is -2.44. The Morgan fingerprint density at radius 2 is 1.74 bits per heavy atom. The molecule has 158 valence electrons. The molecule has 1 unspecified atom stereocenters. The summed E-state index contributed by atoms with van der Waals surface area (Å²) in [6.07, 6.45) is 4.12. The van der Waals surface area contributed by atoms with Crippen LogP contribution in [-0.4, -0.2) is 29.8 Å². The molecule has 1 aliphatic heterocycles. The summed E-state index contributed by atoms with van der Waals surface area (Å²) in [6, 6.07) is 19.1. The Bertz CT molecular complexity index is 1100. The number of rotatable bonds is 4. The average Bonchev–Trinajstić information content (AvgIpc) is 2.79. The van der Waals surface area contributed by atoms with E-state index in [2.05, 4.69) is 30.4 Å². The van der Waals surface area contributed by atoms with Gasteiger partial charge in [-0.05, 0) is 43.0 Å². The highest BCUT2D eigenvalue weighted by atomic mass is 16.5. The predicted molar refractivity (Wildman–Crippen MR) is 119 cm³/mol. The monoisotopic (exact) mass is 415 g/mol. The molecule has 6 nitrogen and oxygen atoms in total. The zero-order chi connectivity index (χ0) is 21.8. The molecule has 1 N–H and O–H groups in total. The van der Waals surface area contributed by atoms with Crippen molar-refractivity contribution < 1.29 is 14.3 Å². The van der Waals surface area contributed by atoms with Crippen molar-refractivity contribution in [3.8, 4) is 11.1 Å². The van der Waals surface area contributed by atoms with E-state index in [0.717, 1.165) is 29.7 Å². The van der Waals surface area contributed by atoms with Crippen LogP contribution in [-0.2, 0) is 4.79 Å². The second kappa shape index (κ2) is 9.00. The Morgan fingerprint density at radius 3 is 2.48 bits per heavy atom. The number of pyridine rings is 1. The van der Waals surface area contributed by atoms with E-state index in [9.17, 15) is 14.8 Å². The standard InChI is InChI=1S/C25H25N3O3/c1-18-5-2-6-20(15-18)21-7-3-9-23(16-21)26-24(29)22-8-4-12-27(17-22)25(30)19-10-13-28(31)14-11-19/h2-3,5-7,9-11,13-16,22H,4,8,12,17H2,1H3,(H,26,29). The van der Waals surface area contributed by atoms with Crippen molar-refractivity contribution in [1.29, 1.82) is 0 Å². The van der Waals surface area contributed by atoms with E-state index < -0.39 is 0 Å². The van der Waals surface area contributed by atoms with Crippen molar-refractivity contribution in [2.24, 2.45) is 5.92 Å². The maximum atomic E-state index is 12.9. The lowest BCUT2D eigenvalue weighted by molar-refractivity contribution is -0.605. The third kappa shape index (κ3) is 4.91. The van der Waals surface area contributed by atoms with Crippen molar-refractivity contribution in [3.05, 3.63) is 89.4 Å². The second-order valence-electron chi connectivity index (χ2n) is 7.98. The van der Waals surface area contributed by atoms with Crippen molar-refractivity contribution in [2.45, 2.75) is 19.8 Å². The fourth-order valence-corrected chi connectivity index (χ4v) is 3.96. The second-order valence-corrected chi connectivity index (χ2v) is 7.98. The molecule has 0 radical (unpaired) electrons. The van der Waals surface area contributed by atoms with E-state index >= 15 is 0 Å². The Labute approximate surface area is 181 Å². The minimum atomic E-state index is -0.270. The van der Waals surface area contributed by atoms with Gasteiger partial charge < -0.3 is 15.4 Å². The van der Waals surface area contributed by atoms with Crippen molar-refractivity contribution in [1.82, 2.24) is 4.90 Å². The molecule has 1 fully saturated rings. The molecule has 1 atom stereocenters. The van der Waals surface area contributed by atoms with Gasteiger partial charge in [0.05, 0.1) is 11.5 Å². The number of piperidine rings is 1. The van der Waals surface area contributed by atoms with Crippen LogP contribution in [0.1, 0.15) is 28.8 Å². The van der Waals surface area contributed by atoms with Crippen LogP contribution in [0.4, 0.5) is 5.69 Å². The van der Waals surface area contributed by atoms with Crippen LogP contribution >= 0.6 is 0 Å². The zero-order valence-electron chi connectivity index (χ0n) is 17.5. The van der Waals surface area contributed by atoms with Gasteiger partial charge in [-0.2, -0.15) is 4.73 Å². The number of anilines is 1. The number of likely N-dealkylation sites (tertiary alicyclic amines) is 1. The summed E-state index contributed by atoms with van der Waals surface area (Å²) in [5, 5.41) is 14.2. The van der Waals surface area contributed by atoms with E-state index in [4.69, 9.17) is 0 Å².